The van der Waals surface area contributed by atoms with Gasteiger partial charge >= 0.3 is 0 Å². The number of carbonyl (C=O) groups is 3. The van der Waals surface area contributed by atoms with Crippen LogP contribution in [0.25, 0.3) is 6.08 Å². The van der Waals surface area contributed by atoms with Crippen LogP contribution in [0.2, 0.25) is 0 Å². The Bertz CT molecular complexity index is 1110. The average molecular weight is 432 g/mol. The molecule has 7 heteroatoms. The summed E-state index contributed by atoms with van der Waals surface area (Å²) >= 11 is 1.47. The van der Waals surface area contributed by atoms with Crippen molar-refractivity contribution in [1.82, 2.24) is 5.32 Å². The minimum atomic E-state index is -0.428. The van der Waals surface area contributed by atoms with E-state index in [1.165, 1.54) is 11.3 Å². The maximum Gasteiger partial charge on any atom is 0.272 e. The first kappa shape index (κ1) is 20.6. The molecule has 0 bridgehead atoms. The molecule has 0 saturated carbocycles. The highest BCUT2D eigenvalue weighted by Crippen LogP contribution is 2.23. The lowest BCUT2D eigenvalue weighted by Crippen LogP contribution is -2.30. The standard InChI is InChI=1S/C24H21N3O3S/c28-22-9-4-14-27(22)19-12-10-18(11-13-19)25-24(30)21(16-20-8-5-15-31-20)26-23(29)17-6-2-1-3-7-17/h1-3,5-8,10-13,15-16H,4,9,14H2,(H,25,30)(H,26,29)/b21-16-. The van der Waals surface area contributed by atoms with E-state index in [2.05, 4.69) is 10.6 Å². The second-order valence-electron chi connectivity index (χ2n) is 7.04. The number of rotatable bonds is 6. The fraction of sp³-hybridized carbons (Fsp3) is 0.125. The predicted octanol–water partition coefficient (Wildman–Crippen LogP) is 4.28. The van der Waals surface area contributed by atoms with Gasteiger partial charge in [-0.3, -0.25) is 14.4 Å². The zero-order chi connectivity index (χ0) is 21.6. The molecule has 2 N–H and O–H groups in total. The maximum atomic E-state index is 12.9. The van der Waals surface area contributed by atoms with Crippen LogP contribution < -0.4 is 15.5 Å². The number of benzene rings is 2. The van der Waals surface area contributed by atoms with Gasteiger partial charge in [0.15, 0.2) is 0 Å². The van der Waals surface area contributed by atoms with Gasteiger partial charge in [-0.2, -0.15) is 0 Å². The third-order valence-electron chi connectivity index (χ3n) is 4.87. The molecule has 0 aliphatic carbocycles. The van der Waals surface area contributed by atoms with Crippen LogP contribution in [0.15, 0.2) is 77.8 Å². The molecule has 156 valence electrons. The molecule has 3 amide bonds. The van der Waals surface area contributed by atoms with Crippen LogP contribution in [0.4, 0.5) is 11.4 Å². The van der Waals surface area contributed by atoms with Gasteiger partial charge in [0.1, 0.15) is 5.70 Å². The third-order valence-corrected chi connectivity index (χ3v) is 5.69. The summed E-state index contributed by atoms with van der Waals surface area (Å²) in [5.41, 5.74) is 2.00. The van der Waals surface area contributed by atoms with E-state index in [1.807, 2.05) is 35.7 Å². The summed E-state index contributed by atoms with van der Waals surface area (Å²) in [6.07, 6.45) is 3.07. The summed E-state index contributed by atoms with van der Waals surface area (Å²) in [5.74, 6) is -0.675. The van der Waals surface area contributed by atoms with Crippen molar-refractivity contribution in [3.63, 3.8) is 0 Å². The minimum absolute atomic E-state index is 0.113. The van der Waals surface area contributed by atoms with Crippen molar-refractivity contribution in [1.29, 1.82) is 0 Å². The van der Waals surface area contributed by atoms with Gasteiger partial charge in [-0.05, 0) is 60.3 Å². The fourth-order valence-electron chi connectivity index (χ4n) is 3.30. The SMILES string of the molecule is O=C(Nc1ccc(N2CCCC2=O)cc1)/C(=C/c1cccs1)NC(=O)c1ccccc1. The first-order valence-electron chi connectivity index (χ1n) is 9.93. The van der Waals surface area contributed by atoms with Crippen molar-refractivity contribution in [2.45, 2.75) is 12.8 Å². The van der Waals surface area contributed by atoms with E-state index in [0.717, 1.165) is 17.0 Å². The second kappa shape index (κ2) is 9.40. The zero-order valence-corrected chi connectivity index (χ0v) is 17.5. The molecule has 1 aromatic heterocycles. The molecule has 1 fully saturated rings. The van der Waals surface area contributed by atoms with Crippen molar-refractivity contribution in [2.24, 2.45) is 0 Å². The van der Waals surface area contributed by atoms with Crippen LogP contribution in [0.3, 0.4) is 0 Å². The monoisotopic (exact) mass is 431 g/mol. The smallest absolute Gasteiger partial charge is 0.272 e. The molecule has 4 rings (SSSR count). The van der Waals surface area contributed by atoms with Gasteiger partial charge in [-0.25, -0.2) is 0 Å². The average Bonchev–Trinajstić information content (AvgIpc) is 3.46. The highest BCUT2D eigenvalue weighted by Gasteiger charge is 2.21. The van der Waals surface area contributed by atoms with Gasteiger partial charge in [0.2, 0.25) is 5.91 Å². The van der Waals surface area contributed by atoms with Gasteiger partial charge in [0, 0.05) is 34.8 Å². The molecule has 31 heavy (non-hydrogen) atoms. The molecule has 3 aromatic rings. The van der Waals surface area contributed by atoms with Crippen LogP contribution in [0.1, 0.15) is 28.1 Å². The summed E-state index contributed by atoms with van der Waals surface area (Å²) in [6.45, 7) is 0.712. The van der Waals surface area contributed by atoms with Crippen LogP contribution in [0, 0.1) is 0 Å². The van der Waals surface area contributed by atoms with E-state index in [-0.39, 0.29) is 17.5 Å². The van der Waals surface area contributed by atoms with E-state index in [4.69, 9.17) is 0 Å². The molecule has 2 heterocycles. The zero-order valence-electron chi connectivity index (χ0n) is 16.7. The number of amides is 3. The number of carbonyl (C=O) groups excluding carboxylic acids is 3. The highest BCUT2D eigenvalue weighted by atomic mass is 32.1. The number of thiophene rings is 1. The Balaban J connectivity index is 1.50. The third kappa shape index (κ3) is 5.07. The highest BCUT2D eigenvalue weighted by molar-refractivity contribution is 7.10. The van der Waals surface area contributed by atoms with Crippen LogP contribution in [0.5, 0.6) is 0 Å². The lowest BCUT2D eigenvalue weighted by atomic mass is 10.2. The maximum absolute atomic E-state index is 12.9. The Kier molecular flexibility index (Phi) is 6.24. The van der Waals surface area contributed by atoms with Crippen LogP contribution in [-0.2, 0) is 9.59 Å². The van der Waals surface area contributed by atoms with Crippen molar-refractivity contribution in [3.05, 3.63) is 88.2 Å². The van der Waals surface area contributed by atoms with E-state index in [9.17, 15) is 14.4 Å². The number of hydrogen-bond acceptors (Lipinski definition) is 4. The molecule has 0 radical (unpaired) electrons. The number of anilines is 2. The summed E-state index contributed by atoms with van der Waals surface area (Å²) in [6, 6.07) is 19.6. The van der Waals surface area contributed by atoms with Crippen LogP contribution >= 0.6 is 11.3 Å². The van der Waals surface area contributed by atoms with E-state index >= 15 is 0 Å². The van der Waals surface area contributed by atoms with E-state index in [1.54, 1.807) is 47.4 Å². The molecular formula is C24H21N3O3S. The normalized spacial score (nSPS) is 13.9. The van der Waals surface area contributed by atoms with Gasteiger partial charge in [0.05, 0.1) is 0 Å². The largest absolute Gasteiger partial charge is 0.321 e. The number of hydrogen-bond donors (Lipinski definition) is 2. The van der Waals surface area contributed by atoms with Crippen LogP contribution in [-0.4, -0.2) is 24.3 Å². The molecule has 1 aliphatic heterocycles. The molecule has 1 aliphatic rings. The summed E-state index contributed by atoms with van der Waals surface area (Å²) in [4.78, 5) is 40.0. The molecule has 0 atom stereocenters. The van der Waals surface area contributed by atoms with Crippen molar-refractivity contribution < 1.29 is 14.4 Å². The summed E-state index contributed by atoms with van der Waals surface area (Å²) in [5, 5.41) is 7.44. The lowest BCUT2D eigenvalue weighted by Gasteiger charge is -2.16. The fourth-order valence-corrected chi connectivity index (χ4v) is 3.96. The van der Waals surface area contributed by atoms with Crippen molar-refractivity contribution in [2.75, 3.05) is 16.8 Å². The molecule has 6 nitrogen and oxygen atoms in total. The van der Waals surface area contributed by atoms with Gasteiger partial charge in [-0.1, -0.05) is 24.3 Å². The minimum Gasteiger partial charge on any atom is -0.321 e. The first-order valence-corrected chi connectivity index (χ1v) is 10.8. The Morgan fingerprint density at radius 2 is 1.74 bits per heavy atom. The topological polar surface area (TPSA) is 78.5 Å². The number of nitrogens with one attached hydrogen (secondary N) is 2. The van der Waals surface area contributed by atoms with Gasteiger partial charge in [-0.15, -0.1) is 11.3 Å². The quantitative estimate of drug-likeness (QED) is 0.572. The lowest BCUT2D eigenvalue weighted by molar-refractivity contribution is -0.117. The summed E-state index contributed by atoms with van der Waals surface area (Å²) < 4.78 is 0. The summed E-state index contributed by atoms with van der Waals surface area (Å²) in [7, 11) is 0. The van der Waals surface area contributed by atoms with Gasteiger partial charge in [0.25, 0.3) is 11.8 Å². The van der Waals surface area contributed by atoms with Crippen molar-refractivity contribution >= 4 is 46.5 Å². The second-order valence-corrected chi connectivity index (χ2v) is 8.02. The molecule has 1 saturated heterocycles. The van der Waals surface area contributed by atoms with Crippen molar-refractivity contribution in [3.8, 4) is 0 Å². The molecule has 2 aromatic carbocycles. The molecular weight excluding hydrogens is 410 g/mol. The molecule has 0 spiro atoms. The first-order chi connectivity index (χ1) is 15.1. The van der Waals surface area contributed by atoms with E-state index in [0.29, 0.717) is 24.2 Å². The van der Waals surface area contributed by atoms with E-state index < -0.39 is 5.91 Å². The number of nitrogens with zero attached hydrogens (tertiary/aromatic N) is 1. The van der Waals surface area contributed by atoms with Gasteiger partial charge < -0.3 is 15.5 Å². The predicted molar refractivity (Wildman–Crippen MR) is 123 cm³/mol. The Labute approximate surface area is 184 Å². The Morgan fingerprint density at radius 1 is 0.968 bits per heavy atom. The Hall–Kier alpha value is -3.71. The Morgan fingerprint density at radius 3 is 2.39 bits per heavy atom. The molecule has 0 unspecified atom stereocenters.